The molecule has 1 N–H and O–H groups in total. The quantitative estimate of drug-likeness (QED) is 0.809. The van der Waals surface area contributed by atoms with Crippen LogP contribution < -0.4 is 9.47 Å². The molecule has 5 nitrogen and oxygen atoms in total. The van der Waals surface area contributed by atoms with Crippen LogP contribution in [-0.4, -0.2) is 42.4 Å². The Morgan fingerprint density at radius 3 is 2.64 bits per heavy atom. The van der Waals surface area contributed by atoms with Crippen molar-refractivity contribution in [3.05, 3.63) is 39.8 Å². The molecule has 0 atom stereocenters. The molecule has 0 saturated carbocycles. The number of aryl methyl sites for hydroxylation is 1. The molecule has 1 aromatic heterocycles. The van der Waals surface area contributed by atoms with E-state index >= 15 is 0 Å². The number of hydrogen-bond acceptors (Lipinski definition) is 6. The molecule has 2 aromatic rings. The molecule has 0 fully saturated rings. The molecule has 0 saturated heterocycles. The van der Waals surface area contributed by atoms with Crippen LogP contribution in [0, 0.1) is 6.92 Å². The zero-order valence-electron chi connectivity index (χ0n) is 13.2. The van der Waals surface area contributed by atoms with E-state index in [1.54, 1.807) is 25.6 Å². The van der Waals surface area contributed by atoms with Gasteiger partial charge >= 0.3 is 0 Å². The van der Waals surface area contributed by atoms with E-state index in [4.69, 9.17) is 9.47 Å². The molecular weight excluding hydrogens is 300 g/mol. The van der Waals surface area contributed by atoms with Gasteiger partial charge in [-0.25, -0.2) is 4.98 Å². The Bertz CT molecular complexity index is 601. The van der Waals surface area contributed by atoms with Crippen LogP contribution in [-0.2, 0) is 13.1 Å². The van der Waals surface area contributed by atoms with Crippen LogP contribution in [0.5, 0.6) is 11.5 Å². The number of benzene rings is 1. The molecular formula is C16H22N2O3S. The summed E-state index contributed by atoms with van der Waals surface area (Å²) < 4.78 is 10.7. The summed E-state index contributed by atoms with van der Waals surface area (Å²) in [5.41, 5.74) is 2.09. The molecule has 0 bridgehead atoms. The van der Waals surface area contributed by atoms with Gasteiger partial charge in [-0.05, 0) is 13.0 Å². The molecule has 0 aliphatic rings. The summed E-state index contributed by atoms with van der Waals surface area (Å²) in [5.74, 6) is 1.56. The van der Waals surface area contributed by atoms with Gasteiger partial charge in [0.05, 0.1) is 31.5 Å². The van der Waals surface area contributed by atoms with Gasteiger partial charge < -0.3 is 14.6 Å². The summed E-state index contributed by atoms with van der Waals surface area (Å²) in [6.07, 6.45) is 0. The van der Waals surface area contributed by atoms with Crippen LogP contribution in [0.25, 0.3) is 0 Å². The first kappa shape index (κ1) is 16.7. The van der Waals surface area contributed by atoms with Gasteiger partial charge in [-0.15, -0.1) is 11.3 Å². The first-order valence-electron chi connectivity index (χ1n) is 7.11. The van der Waals surface area contributed by atoms with Crippen molar-refractivity contribution in [2.45, 2.75) is 20.0 Å². The monoisotopic (exact) mass is 322 g/mol. The van der Waals surface area contributed by atoms with Gasteiger partial charge in [-0.3, -0.25) is 4.90 Å². The van der Waals surface area contributed by atoms with Crippen molar-refractivity contribution < 1.29 is 14.6 Å². The Kier molecular flexibility index (Phi) is 6.18. The zero-order valence-corrected chi connectivity index (χ0v) is 14.0. The number of aromatic nitrogens is 1. The van der Waals surface area contributed by atoms with Crippen LogP contribution >= 0.6 is 11.3 Å². The first-order chi connectivity index (χ1) is 10.7. The highest BCUT2D eigenvalue weighted by atomic mass is 32.1. The Morgan fingerprint density at radius 2 is 2.05 bits per heavy atom. The molecule has 0 aliphatic heterocycles. The number of aliphatic hydroxyl groups excluding tert-OH is 1. The van der Waals surface area contributed by atoms with Crippen molar-refractivity contribution in [3.63, 3.8) is 0 Å². The third-order valence-electron chi connectivity index (χ3n) is 3.36. The van der Waals surface area contributed by atoms with Crippen molar-refractivity contribution in [1.29, 1.82) is 0 Å². The van der Waals surface area contributed by atoms with Gasteiger partial charge in [0.15, 0.2) is 0 Å². The summed E-state index contributed by atoms with van der Waals surface area (Å²) in [6, 6.07) is 5.79. The average Bonchev–Trinajstić information content (AvgIpc) is 2.93. The number of rotatable bonds is 8. The highest BCUT2D eigenvalue weighted by Crippen LogP contribution is 2.26. The number of nitrogens with zero attached hydrogens (tertiary/aromatic N) is 2. The molecule has 120 valence electrons. The minimum Gasteiger partial charge on any atom is -0.497 e. The van der Waals surface area contributed by atoms with Crippen molar-refractivity contribution in [2.75, 3.05) is 27.4 Å². The van der Waals surface area contributed by atoms with E-state index in [9.17, 15) is 5.11 Å². The maximum Gasteiger partial charge on any atom is 0.127 e. The fraction of sp³-hybridized carbons (Fsp3) is 0.438. The highest BCUT2D eigenvalue weighted by Gasteiger charge is 2.12. The van der Waals surface area contributed by atoms with Crippen LogP contribution in [0.4, 0.5) is 0 Å². The van der Waals surface area contributed by atoms with Gasteiger partial charge in [0, 0.05) is 36.6 Å². The number of methoxy groups -OCH3 is 2. The summed E-state index contributed by atoms with van der Waals surface area (Å²) in [7, 11) is 3.29. The molecule has 2 rings (SSSR count). The predicted molar refractivity (Wildman–Crippen MR) is 87.6 cm³/mol. The molecule has 6 heteroatoms. The molecule has 0 spiro atoms. The topological polar surface area (TPSA) is 54.8 Å². The van der Waals surface area contributed by atoms with Crippen molar-refractivity contribution in [3.8, 4) is 11.5 Å². The lowest BCUT2D eigenvalue weighted by Crippen LogP contribution is -2.26. The number of aliphatic hydroxyl groups is 1. The smallest absolute Gasteiger partial charge is 0.127 e. The van der Waals surface area contributed by atoms with E-state index in [1.807, 2.05) is 25.1 Å². The molecule has 0 aliphatic carbocycles. The maximum atomic E-state index is 9.30. The van der Waals surface area contributed by atoms with Gasteiger partial charge in [0.2, 0.25) is 0 Å². The fourth-order valence-corrected chi connectivity index (χ4v) is 2.89. The summed E-state index contributed by atoms with van der Waals surface area (Å²) in [4.78, 5) is 6.64. The second-order valence-corrected chi connectivity index (χ2v) is 6.03. The Morgan fingerprint density at radius 1 is 1.23 bits per heavy atom. The van der Waals surface area contributed by atoms with E-state index in [-0.39, 0.29) is 6.61 Å². The first-order valence-corrected chi connectivity index (χ1v) is 7.99. The second kappa shape index (κ2) is 8.12. The Balaban J connectivity index is 2.13. The van der Waals surface area contributed by atoms with E-state index in [0.717, 1.165) is 27.8 Å². The Labute approximate surface area is 135 Å². The van der Waals surface area contributed by atoms with Gasteiger partial charge in [0.25, 0.3) is 0 Å². The highest BCUT2D eigenvalue weighted by molar-refractivity contribution is 7.09. The van der Waals surface area contributed by atoms with E-state index in [2.05, 4.69) is 15.3 Å². The van der Waals surface area contributed by atoms with Crippen LogP contribution in [0.15, 0.2) is 23.6 Å². The van der Waals surface area contributed by atoms with Gasteiger partial charge in [-0.1, -0.05) is 6.07 Å². The number of hydrogen-bond donors (Lipinski definition) is 1. The van der Waals surface area contributed by atoms with Gasteiger partial charge in [-0.2, -0.15) is 0 Å². The van der Waals surface area contributed by atoms with E-state index in [1.165, 1.54) is 0 Å². The van der Waals surface area contributed by atoms with E-state index in [0.29, 0.717) is 19.6 Å². The lowest BCUT2D eigenvalue weighted by molar-refractivity contribution is 0.181. The average molecular weight is 322 g/mol. The largest absolute Gasteiger partial charge is 0.497 e. The number of thiazole rings is 1. The Hall–Kier alpha value is -1.63. The molecule has 0 amide bonds. The standard InChI is InChI=1S/C16H22N2O3S/c1-12-17-14(11-22-12)10-18(6-7-19)9-13-4-5-15(20-2)8-16(13)21-3/h4-5,8,11,19H,6-7,9-10H2,1-3H3. The summed E-state index contributed by atoms with van der Waals surface area (Å²) in [5, 5.41) is 12.4. The minimum absolute atomic E-state index is 0.113. The zero-order chi connectivity index (χ0) is 15.9. The molecule has 0 unspecified atom stereocenters. The molecule has 0 radical (unpaired) electrons. The lowest BCUT2D eigenvalue weighted by Gasteiger charge is -2.22. The van der Waals surface area contributed by atoms with Gasteiger partial charge in [0.1, 0.15) is 11.5 Å². The van der Waals surface area contributed by atoms with Crippen LogP contribution in [0.2, 0.25) is 0 Å². The lowest BCUT2D eigenvalue weighted by atomic mass is 10.1. The van der Waals surface area contributed by atoms with Crippen LogP contribution in [0.3, 0.4) is 0 Å². The molecule has 1 aromatic carbocycles. The second-order valence-electron chi connectivity index (χ2n) is 4.97. The third-order valence-corrected chi connectivity index (χ3v) is 4.18. The maximum absolute atomic E-state index is 9.30. The minimum atomic E-state index is 0.113. The van der Waals surface area contributed by atoms with E-state index < -0.39 is 0 Å². The van der Waals surface area contributed by atoms with Crippen molar-refractivity contribution >= 4 is 11.3 Å². The normalized spacial score (nSPS) is 11.0. The molecule has 1 heterocycles. The van der Waals surface area contributed by atoms with Crippen molar-refractivity contribution in [2.24, 2.45) is 0 Å². The summed E-state index contributed by atoms with van der Waals surface area (Å²) >= 11 is 1.64. The molecule has 22 heavy (non-hydrogen) atoms. The number of ether oxygens (including phenoxy) is 2. The van der Waals surface area contributed by atoms with Crippen molar-refractivity contribution in [1.82, 2.24) is 9.88 Å². The third kappa shape index (κ3) is 4.43. The predicted octanol–water partition coefficient (Wildman–Crippen LogP) is 2.46. The summed E-state index contributed by atoms with van der Waals surface area (Å²) in [6.45, 7) is 4.09. The SMILES string of the molecule is COc1ccc(CN(CCO)Cc2csc(C)n2)c(OC)c1. The van der Waals surface area contributed by atoms with Crippen LogP contribution in [0.1, 0.15) is 16.3 Å². The fourth-order valence-electron chi connectivity index (χ4n) is 2.29.